The lowest BCUT2D eigenvalue weighted by molar-refractivity contribution is -0.115. The monoisotopic (exact) mass is 220 g/mol. The van der Waals surface area contributed by atoms with Crippen LogP contribution in [0.25, 0.3) is 0 Å². The summed E-state index contributed by atoms with van der Waals surface area (Å²) >= 11 is 11.0. The highest BCUT2D eigenvalue weighted by molar-refractivity contribution is 6.64. The number of hydrogen-bond acceptors (Lipinski definition) is 3. The average molecular weight is 221 g/mol. The fourth-order valence-electron chi connectivity index (χ4n) is 0.944. The Bertz CT molecular complexity index is 326. The van der Waals surface area contributed by atoms with Crippen molar-refractivity contribution in [2.75, 3.05) is 7.11 Å². The standard InChI is InChI=1S/C8H6Cl2O3/c1-3(13-2)4-7(11)5(9)6(10)8(4)12/h1-2H3. The van der Waals surface area contributed by atoms with Gasteiger partial charge in [0.2, 0.25) is 11.6 Å². The van der Waals surface area contributed by atoms with Gasteiger partial charge in [-0.2, -0.15) is 0 Å². The first-order valence-electron chi connectivity index (χ1n) is 3.40. The van der Waals surface area contributed by atoms with Crippen LogP contribution in [0.15, 0.2) is 21.4 Å². The Morgan fingerprint density at radius 3 is 1.85 bits per heavy atom. The van der Waals surface area contributed by atoms with E-state index in [1.165, 1.54) is 14.0 Å². The van der Waals surface area contributed by atoms with Gasteiger partial charge >= 0.3 is 0 Å². The number of carbonyl (C=O) groups is 2. The largest absolute Gasteiger partial charge is 0.500 e. The van der Waals surface area contributed by atoms with Gasteiger partial charge in [-0.3, -0.25) is 9.59 Å². The summed E-state index contributed by atoms with van der Waals surface area (Å²) in [5.41, 5.74) is -0.0856. The van der Waals surface area contributed by atoms with Gasteiger partial charge in [-0.1, -0.05) is 23.2 Å². The highest BCUT2D eigenvalue weighted by Crippen LogP contribution is 2.31. The number of rotatable bonds is 1. The molecular weight excluding hydrogens is 215 g/mol. The molecule has 0 aliphatic heterocycles. The van der Waals surface area contributed by atoms with Crippen LogP contribution in [0.1, 0.15) is 6.92 Å². The van der Waals surface area contributed by atoms with E-state index in [0.717, 1.165) is 0 Å². The molecule has 0 spiro atoms. The first-order chi connectivity index (χ1) is 6.00. The molecule has 0 saturated carbocycles. The van der Waals surface area contributed by atoms with E-state index >= 15 is 0 Å². The summed E-state index contributed by atoms with van der Waals surface area (Å²) in [5.74, 6) is -0.921. The predicted octanol–water partition coefficient (Wildman–Crippen LogP) is 1.75. The Morgan fingerprint density at radius 2 is 1.54 bits per heavy atom. The highest BCUT2D eigenvalue weighted by atomic mass is 35.5. The first kappa shape index (κ1) is 10.3. The Kier molecular flexibility index (Phi) is 2.78. The molecule has 0 amide bonds. The second-order valence-electron chi connectivity index (χ2n) is 2.42. The van der Waals surface area contributed by atoms with Gasteiger partial charge < -0.3 is 4.74 Å². The van der Waals surface area contributed by atoms with Crippen molar-refractivity contribution in [1.29, 1.82) is 0 Å². The number of carbonyl (C=O) groups excluding carboxylic acids is 2. The van der Waals surface area contributed by atoms with E-state index in [1.54, 1.807) is 0 Å². The molecule has 0 aromatic rings. The Labute approximate surface area is 85.0 Å². The van der Waals surface area contributed by atoms with Gasteiger partial charge in [0, 0.05) is 0 Å². The first-order valence-corrected chi connectivity index (χ1v) is 4.15. The van der Waals surface area contributed by atoms with Crippen molar-refractivity contribution in [3.8, 4) is 0 Å². The van der Waals surface area contributed by atoms with Gasteiger partial charge in [0.05, 0.1) is 7.11 Å². The van der Waals surface area contributed by atoms with Gasteiger partial charge in [0.15, 0.2) is 0 Å². The van der Waals surface area contributed by atoms with Crippen molar-refractivity contribution in [1.82, 2.24) is 0 Å². The van der Waals surface area contributed by atoms with Gasteiger partial charge in [0.1, 0.15) is 21.4 Å². The molecule has 3 nitrogen and oxygen atoms in total. The van der Waals surface area contributed by atoms with E-state index in [4.69, 9.17) is 27.9 Å². The summed E-state index contributed by atoms with van der Waals surface area (Å²) in [6, 6.07) is 0. The molecule has 0 unspecified atom stereocenters. The molecule has 0 aromatic carbocycles. The smallest absolute Gasteiger partial charge is 0.213 e. The van der Waals surface area contributed by atoms with E-state index in [1.807, 2.05) is 0 Å². The van der Waals surface area contributed by atoms with Crippen LogP contribution < -0.4 is 0 Å². The maximum absolute atomic E-state index is 11.3. The SMILES string of the molecule is COC(C)=C1C(=O)C(Cl)=C(Cl)C1=O. The minimum absolute atomic E-state index is 0.0856. The fourth-order valence-corrected chi connectivity index (χ4v) is 1.30. The number of Topliss-reactive ketones (excluding diaryl/α,β-unsaturated/α-hetero) is 2. The van der Waals surface area contributed by atoms with Crippen molar-refractivity contribution in [3.05, 3.63) is 21.4 Å². The average Bonchev–Trinajstić information content (AvgIpc) is 2.30. The van der Waals surface area contributed by atoms with Crippen LogP contribution in [-0.4, -0.2) is 18.7 Å². The maximum atomic E-state index is 11.3. The summed E-state index contributed by atoms with van der Waals surface area (Å²) in [5, 5.41) is -0.476. The zero-order valence-electron chi connectivity index (χ0n) is 6.98. The molecule has 0 saturated heterocycles. The van der Waals surface area contributed by atoms with E-state index in [2.05, 4.69) is 0 Å². The molecule has 0 atom stereocenters. The van der Waals surface area contributed by atoms with Crippen molar-refractivity contribution < 1.29 is 14.3 Å². The minimum atomic E-state index is -0.573. The van der Waals surface area contributed by atoms with Crippen LogP contribution in [-0.2, 0) is 14.3 Å². The minimum Gasteiger partial charge on any atom is -0.500 e. The lowest BCUT2D eigenvalue weighted by atomic mass is 10.1. The summed E-state index contributed by atoms with van der Waals surface area (Å²) < 4.78 is 4.77. The lowest BCUT2D eigenvalue weighted by Crippen LogP contribution is -2.06. The van der Waals surface area contributed by atoms with E-state index < -0.39 is 11.6 Å². The normalized spacial score (nSPS) is 17.1. The van der Waals surface area contributed by atoms with Gasteiger partial charge in [-0.05, 0) is 6.92 Å². The summed E-state index contributed by atoms with van der Waals surface area (Å²) in [7, 11) is 1.36. The van der Waals surface area contributed by atoms with E-state index in [9.17, 15) is 9.59 Å². The Morgan fingerprint density at radius 1 is 1.15 bits per heavy atom. The maximum Gasteiger partial charge on any atom is 0.213 e. The molecule has 1 aliphatic rings. The molecule has 0 aromatic heterocycles. The zero-order chi connectivity index (χ0) is 10.2. The Balaban J connectivity index is 3.26. The van der Waals surface area contributed by atoms with Crippen molar-refractivity contribution in [2.45, 2.75) is 6.92 Å². The fraction of sp³-hybridized carbons (Fsp3) is 0.250. The van der Waals surface area contributed by atoms with Gasteiger partial charge in [0.25, 0.3) is 0 Å². The molecule has 0 fully saturated rings. The van der Waals surface area contributed by atoms with Crippen molar-refractivity contribution >= 4 is 34.8 Å². The second kappa shape index (κ2) is 3.52. The molecular formula is C8H6Cl2O3. The third-order valence-corrected chi connectivity index (χ3v) is 2.52. The molecule has 0 radical (unpaired) electrons. The molecule has 5 heteroatoms. The molecule has 0 N–H and O–H groups in total. The van der Waals surface area contributed by atoms with Crippen LogP contribution in [0.4, 0.5) is 0 Å². The summed E-state index contributed by atoms with van der Waals surface area (Å²) in [6.45, 7) is 1.50. The van der Waals surface area contributed by atoms with Crippen LogP contribution in [0, 0.1) is 0 Å². The molecule has 70 valence electrons. The number of halogens is 2. The second-order valence-corrected chi connectivity index (χ2v) is 3.18. The van der Waals surface area contributed by atoms with Gasteiger partial charge in [-0.25, -0.2) is 0 Å². The van der Waals surface area contributed by atoms with Crippen LogP contribution in [0.2, 0.25) is 0 Å². The third-order valence-electron chi connectivity index (χ3n) is 1.70. The number of hydrogen-bond donors (Lipinski definition) is 0. The zero-order valence-corrected chi connectivity index (χ0v) is 8.49. The number of ether oxygens (including phenoxy) is 1. The number of ketones is 2. The lowest BCUT2D eigenvalue weighted by Gasteiger charge is -2.01. The number of methoxy groups -OCH3 is 1. The molecule has 1 aliphatic carbocycles. The Hall–Kier alpha value is -0.800. The van der Waals surface area contributed by atoms with Crippen LogP contribution in [0.3, 0.4) is 0 Å². The summed E-state index contributed by atoms with van der Waals surface area (Å²) in [6.07, 6.45) is 0. The predicted molar refractivity (Wildman–Crippen MR) is 48.5 cm³/mol. The molecule has 1 rings (SSSR count). The number of allylic oxidation sites excluding steroid dienone is 4. The molecule has 13 heavy (non-hydrogen) atoms. The molecule has 0 heterocycles. The quantitative estimate of drug-likeness (QED) is 0.385. The van der Waals surface area contributed by atoms with Crippen molar-refractivity contribution in [2.24, 2.45) is 0 Å². The van der Waals surface area contributed by atoms with E-state index in [-0.39, 0.29) is 21.4 Å². The third kappa shape index (κ3) is 1.49. The topological polar surface area (TPSA) is 43.4 Å². The molecule has 0 bridgehead atoms. The van der Waals surface area contributed by atoms with Crippen LogP contribution >= 0.6 is 23.2 Å². The van der Waals surface area contributed by atoms with Crippen molar-refractivity contribution in [3.63, 3.8) is 0 Å². The van der Waals surface area contributed by atoms with Crippen LogP contribution in [0.5, 0.6) is 0 Å². The van der Waals surface area contributed by atoms with E-state index in [0.29, 0.717) is 0 Å². The van der Waals surface area contributed by atoms with Gasteiger partial charge in [-0.15, -0.1) is 0 Å². The summed E-state index contributed by atoms with van der Waals surface area (Å²) in [4.78, 5) is 22.6. The highest BCUT2D eigenvalue weighted by Gasteiger charge is 2.36.